The number of rotatable bonds is 7. The number of benzene rings is 1. The van der Waals surface area contributed by atoms with Gasteiger partial charge in [-0.3, -0.25) is 14.9 Å². The van der Waals surface area contributed by atoms with Crippen LogP contribution in [0.2, 0.25) is 0 Å². The lowest BCUT2D eigenvalue weighted by atomic mass is 10.2. The molecule has 1 heterocycles. The number of carbonyl (C=O) groups is 1. The maximum atomic E-state index is 12.5. The Hall–Kier alpha value is -2.45. The van der Waals surface area contributed by atoms with Crippen LogP contribution in [0.1, 0.15) is 17.4 Å². The normalized spacial score (nSPS) is 13.1. The maximum Gasteiger partial charge on any atom is 0.282 e. The maximum absolute atomic E-state index is 12.5. The smallest absolute Gasteiger partial charge is 0.282 e. The zero-order chi connectivity index (χ0) is 18.6. The van der Waals surface area contributed by atoms with Crippen molar-refractivity contribution in [3.8, 4) is 5.75 Å². The highest BCUT2D eigenvalue weighted by Gasteiger charge is 2.24. The number of hydrogen-bond acceptors (Lipinski definition) is 5. The standard InChI is InChI=1S/C17H21N3O4S/c1-11-7-8-25-16(11)10-19(3)12(2)17(21)18-14-6-5-13(20(22)23)9-15(14)24-4/h5-9,12H,10H2,1-4H3,(H,18,21)/p+1/t12-/m0/s1. The Labute approximate surface area is 150 Å². The Morgan fingerprint density at radius 1 is 1.44 bits per heavy atom. The Bertz CT molecular complexity index is 775. The van der Waals surface area contributed by atoms with Crippen molar-refractivity contribution in [2.24, 2.45) is 0 Å². The molecule has 0 radical (unpaired) electrons. The van der Waals surface area contributed by atoms with Crippen molar-refractivity contribution in [2.45, 2.75) is 26.4 Å². The van der Waals surface area contributed by atoms with Crippen molar-refractivity contribution in [1.82, 2.24) is 0 Å². The van der Waals surface area contributed by atoms with Crippen molar-refractivity contribution >= 4 is 28.6 Å². The summed E-state index contributed by atoms with van der Waals surface area (Å²) in [5, 5.41) is 15.7. The molecular weight excluding hydrogens is 342 g/mol. The number of hydrogen-bond donors (Lipinski definition) is 2. The van der Waals surface area contributed by atoms with Crippen molar-refractivity contribution in [1.29, 1.82) is 0 Å². The second-order valence-electron chi connectivity index (χ2n) is 5.90. The largest absolute Gasteiger partial charge is 0.494 e. The number of quaternary nitrogens is 1. The number of ether oxygens (including phenoxy) is 1. The average molecular weight is 364 g/mol. The van der Waals surface area contributed by atoms with E-state index in [1.807, 2.05) is 19.4 Å². The predicted octanol–water partition coefficient (Wildman–Crippen LogP) is 2.02. The fourth-order valence-corrected chi connectivity index (χ4v) is 3.35. The SMILES string of the molecule is COc1cc([N+](=O)[O-])ccc1NC(=O)[C@H](C)[NH+](C)Cc1sccc1C. The minimum atomic E-state index is -0.502. The first kappa shape index (κ1) is 18.9. The molecule has 0 bridgehead atoms. The summed E-state index contributed by atoms with van der Waals surface area (Å²) < 4.78 is 5.15. The van der Waals surface area contributed by atoms with E-state index in [0.29, 0.717) is 5.69 Å². The highest BCUT2D eigenvalue weighted by molar-refractivity contribution is 7.10. The van der Waals surface area contributed by atoms with Crippen LogP contribution in [0.15, 0.2) is 29.6 Å². The van der Waals surface area contributed by atoms with E-state index in [-0.39, 0.29) is 23.4 Å². The third kappa shape index (κ3) is 4.55. The van der Waals surface area contributed by atoms with Gasteiger partial charge in [-0.1, -0.05) is 0 Å². The summed E-state index contributed by atoms with van der Waals surface area (Å²) in [6.45, 7) is 4.67. The Kier molecular flexibility index (Phi) is 6.11. The van der Waals surface area contributed by atoms with Gasteiger partial charge in [-0.05, 0) is 36.9 Å². The van der Waals surface area contributed by atoms with Gasteiger partial charge in [0.2, 0.25) is 0 Å². The van der Waals surface area contributed by atoms with E-state index in [9.17, 15) is 14.9 Å². The molecule has 2 aromatic rings. The fraction of sp³-hybridized carbons (Fsp3) is 0.353. The van der Waals surface area contributed by atoms with Gasteiger partial charge in [0.05, 0.1) is 35.7 Å². The molecule has 0 saturated heterocycles. The summed E-state index contributed by atoms with van der Waals surface area (Å²) in [7, 11) is 3.38. The summed E-state index contributed by atoms with van der Waals surface area (Å²) in [6, 6.07) is 5.90. The van der Waals surface area contributed by atoms with E-state index in [1.165, 1.54) is 35.7 Å². The van der Waals surface area contributed by atoms with Crippen molar-refractivity contribution in [3.63, 3.8) is 0 Å². The molecule has 2 N–H and O–H groups in total. The minimum Gasteiger partial charge on any atom is -0.494 e. The summed E-state index contributed by atoms with van der Waals surface area (Å²) in [6.07, 6.45) is 0. The van der Waals surface area contributed by atoms with Crippen LogP contribution in [0.4, 0.5) is 11.4 Å². The quantitative estimate of drug-likeness (QED) is 0.581. The molecule has 0 aliphatic carbocycles. The molecule has 25 heavy (non-hydrogen) atoms. The van der Waals surface area contributed by atoms with Crippen LogP contribution in [-0.4, -0.2) is 31.0 Å². The van der Waals surface area contributed by atoms with Gasteiger partial charge in [-0.2, -0.15) is 0 Å². The summed E-state index contributed by atoms with van der Waals surface area (Å²) in [4.78, 5) is 25.2. The summed E-state index contributed by atoms with van der Waals surface area (Å²) in [5.74, 6) is 0.0976. The first-order valence-electron chi connectivity index (χ1n) is 7.82. The second kappa shape index (κ2) is 8.09. The van der Waals surface area contributed by atoms with E-state index in [1.54, 1.807) is 11.3 Å². The van der Waals surface area contributed by atoms with Crippen LogP contribution >= 0.6 is 11.3 Å². The second-order valence-corrected chi connectivity index (χ2v) is 6.90. The number of likely N-dealkylation sites (N-methyl/N-ethyl adjacent to an activating group) is 1. The van der Waals surface area contributed by atoms with Gasteiger partial charge in [0.25, 0.3) is 11.6 Å². The Morgan fingerprint density at radius 2 is 2.16 bits per heavy atom. The Morgan fingerprint density at radius 3 is 2.72 bits per heavy atom. The number of nitrogens with zero attached hydrogens (tertiary/aromatic N) is 1. The lowest BCUT2D eigenvalue weighted by Gasteiger charge is -2.21. The summed E-state index contributed by atoms with van der Waals surface area (Å²) in [5.41, 5.74) is 1.57. The number of nitrogens with one attached hydrogen (secondary N) is 2. The highest BCUT2D eigenvalue weighted by Crippen LogP contribution is 2.29. The fourth-order valence-electron chi connectivity index (χ4n) is 2.35. The number of nitro groups is 1. The van der Waals surface area contributed by atoms with Gasteiger partial charge in [0.15, 0.2) is 6.04 Å². The topological polar surface area (TPSA) is 85.9 Å². The van der Waals surface area contributed by atoms with Crippen LogP contribution in [0.25, 0.3) is 0 Å². The van der Waals surface area contributed by atoms with Crippen molar-refractivity contribution in [3.05, 3.63) is 50.2 Å². The first-order valence-corrected chi connectivity index (χ1v) is 8.70. The number of anilines is 1. The van der Waals surface area contributed by atoms with Crippen LogP contribution in [0, 0.1) is 17.0 Å². The van der Waals surface area contributed by atoms with Crippen LogP contribution in [0.3, 0.4) is 0 Å². The number of non-ortho nitro benzene ring substituents is 1. The first-order chi connectivity index (χ1) is 11.8. The number of thiophene rings is 1. The number of amides is 1. The van der Waals surface area contributed by atoms with E-state index >= 15 is 0 Å². The molecule has 1 aromatic carbocycles. The lowest BCUT2D eigenvalue weighted by molar-refractivity contribution is -0.907. The molecule has 1 amide bonds. The monoisotopic (exact) mass is 364 g/mol. The number of aryl methyl sites for hydroxylation is 1. The third-order valence-electron chi connectivity index (χ3n) is 4.19. The van der Waals surface area contributed by atoms with E-state index in [2.05, 4.69) is 18.3 Å². The molecular formula is C17H22N3O4S+. The lowest BCUT2D eigenvalue weighted by Crippen LogP contribution is -3.12. The Balaban J connectivity index is 2.07. The molecule has 0 spiro atoms. The highest BCUT2D eigenvalue weighted by atomic mass is 32.1. The van der Waals surface area contributed by atoms with E-state index in [0.717, 1.165) is 11.4 Å². The molecule has 2 atom stereocenters. The van der Waals surface area contributed by atoms with Gasteiger partial charge in [-0.15, -0.1) is 11.3 Å². The average Bonchev–Trinajstić information content (AvgIpc) is 2.98. The molecule has 0 saturated carbocycles. The van der Waals surface area contributed by atoms with Crippen LogP contribution in [-0.2, 0) is 11.3 Å². The number of methoxy groups -OCH3 is 1. The molecule has 0 aliphatic rings. The van der Waals surface area contributed by atoms with E-state index in [4.69, 9.17) is 4.74 Å². The molecule has 134 valence electrons. The molecule has 0 fully saturated rings. The van der Waals surface area contributed by atoms with Gasteiger partial charge in [-0.25, -0.2) is 0 Å². The van der Waals surface area contributed by atoms with E-state index < -0.39 is 4.92 Å². The number of nitro benzene ring substituents is 1. The zero-order valence-electron chi connectivity index (χ0n) is 14.7. The predicted molar refractivity (Wildman–Crippen MR) is 97.4 cm³/mol. The molecule has 1 unspecified atom stereocenters. The van der Waals surface area contributed by atoms with Crippen molar-refractivity contribution < 1.29 is 19.4 Å². The van der Waals surface area contributed by atoms with Gasteiger partial charge in [0, 0.05) is 6.07 Å². The minimum absolute atomic E-state index is 0.0844. The van der Waals surface area contributed by atoms with Crippen LogP contribution in [0.5, 0.6) is 5.75 Å². The number of carbonyl (C=O) groups excluding carboxylic acids is 1. The van der Waals surface area contributed by atoms with Gasteiger partial charge >= 0.3 is 0 Å². The van der Waals surface area contributed by atoms with Crippen molar-refractivity contribution in [2.75, 3.05) is 19.5 Å². The van der Waals surface area contributed by atoms with Crippen LogP contribution < -0.4 is 15.0 Å². The molecule has 1 aromatic heterocycles. The third-order valence-corrected chi connectivity index (χ3v) is 5.22. The molecule has 7 nitrogen and oxygen atoms in total. The zero-order valence-corrected chi connectivity index (χ0v) is 15.5. The summed E-state index contributed by atoms with van der Waals surface area (Å²) >= 11 is 1.68. The van der Waals surface area contributed by atoms with Gasteiger partial charge < -0.3 is 15.0 Å². The van der Waals surface area contributed by atoms with Gasteiger partial charge in [0.1, 0.15) is 12.3 Å². The molecule has 2 rings (SSSR count). The molecule has 0 aliphatic heterocycles. The molecule has 8 heteroatoms.